The number of pyridine rings is 1. The Morgan fingerprint density at radius 3 is 2.72 bits per heavy atom. The lowest BCUT2D eigenvalue weighted by Crippen LogP contribution is -2.36. The van der Waals surface area contributed by atoms with Gasteiger partial charge in [-0.15, -0.1) is 0 Å². The van der Waals surface area contributed by atoms with Crippen molar-refractivity contribution < 1.29 is 9.53 Å². The van der Waals surface area contributed by atoms with E-state index in [1.165, 1.54) is 20.0 Å². The minimum atomic E-state index is -0.397. The van der Waals surface area contributed by atoms with Crippen LogP contribution in [0.1, 0.15) is 43.0 Å². The maximum absolute atomic E-state index is 11.9. The third-order valence-corrected chi connectivity index (χ3v) is 3.46. The second-order valence-electron chi connectivity index (χ2n) is 4.84. The van der Waals surface area contributed by atoms with Crippen LogP contribution >= 0.6 is 0 Å². The van der Waals surface area contributed by atoms with Crippen LogP contribution in [0.25, 0.3) is 0 Å². The van der Waals surface area contributed by atoms with Crippen LogP contribution < -0.4 is 5.32 Å². The highest BCUT2D eigenvalue weighted by molar-refractivity contribution is 5.77. The standard InChI is InChI=1S/C14H20N2O2/c1-10-7-8-11(9-15-10)13(14(17)18-2)16-12-5-3-4-6-12/h7-9,12-13,16H,3-6H2,1-2H3. The number of esters is 1. The Morgan fingerprint density at radius 2 is 2.17 bits per heavy atom. The molecule has 1 aromatic rings. The maximum atomic E-state index is 11.9. The number of hydrogen-bond acceptors (Lipinski definition) is 4. The van der Waals surface area contributed by atoms with Crippen LogP contribution in [0, 0.1) is 6.92 Å². The number of nitrogens with zero attached hydrogens (tertiary/aromatic N) is 1. The van der Waals surface area contributed by atoms with Crippen LogP contribution in [-0.2, 0) is 9.53 Å². The van der Waals surface area contributed by atoms with Gasteiger partial charge >= 0.3 is 5.97 Å². The van der Waals surface area contributed by atoms with Crippen molar-refractivity contribution >= 4 is 5.97 Å². The summed E-state index contributed by atoms with van der Waals surface area (Å²) in [6.45, 7) is 1.93. The number of aromatic nitrogens is 1. The van der Waals surface area contributed by atoms with Gasteiger partial charge in [0, 0.05) is 17.9 Å². The van der Waals surface area contributed by atoms with Crippen molar-refractivity contribution in [3.05, 3.63) is 29.6 Å². The summed E-state index contributed by atoms with van der Waals surface area (Å²) in [5.41, 5.74) is 1.82. The van der Waals surface area contributed by atoms with Crippen LogP contribution in [0.2, 0.25) is 0 Å². The molecule has 1 aliphatic carbocycles. The van der Waals surface area contributed by atoms with E-state index >= 15 is 0 Å². The van der Waals surface area contributed by atoms with E-state index in [9.17, 15) is 4.79 Å². The molecule has 0 radical (unpaired) electrons. The number of hydrogen-bond donors (Lipinski definition) is 1. The lowest BCUT2D eigenvalue weighted by atomic mass is 10.1. The van der Waals surface area contributed by atoms with Gasteiger partial charge in [-0.1, -0.05) is 18.9 Å². The van der Waals surface area contributed by atoms with Crippen LogP contribution in [0.4, 0.5) is 0 Å². The number of carbonyl (C=O) groups is 1. The maximum Gasteiger partial charge on any atom is 0.327 e. The quantitative estimate of drug-likeness (QED) is 0.829. The van der Waals surface area contributed by atoms with Gasteiger partial charge in [0.25, 0.3) is 0 Å². The molecule has 0 aliphatic heterocycles. The highest BCUT2D eigenvalue weighted by atomic mass is 16.5. The number of aryl methyl sites for hydroxylation is 1. The van der Waals surface area contributed by atoms with Gasteiger partial charge in [0.15, 0.2) is 0 Å². The van der Waals surface area contributed by atoms with Crippen LogP contribution in [0.5, 0.6) is 0 Å². The summed E-state index contributed by atoms with van der Waals surface area (Å²) in [6.07, 6.45) is 6.48. The fraction of sp³-hybridized carbons (Fsp3) is 0.571. The molecule has 1 unspecified atom stereocenters. The predicted octanol–water partition coefficient (Wildman–Crippen LogP) is 2.14. The largest absolute Gasteiger partial charge is 0.468 e. The molecule has 18 heavy (non-hydrogen) atoms. The summed E-state index contributed by atoms with van der Waals surface area (Å²) in [4.78, 5) is 16.1. The Labute approximate surface area is 108 Å². The summed E-state index contributed by atoms with van der Waals surface area (Å²) < 4.78 is 4.88. The summed E-state index contributed by atoms with van der Waals surface area (Å²) in [5.74, 6) is -0.243. The fourth-order valence-electron chi connectivity index (χ4n) is 2.40. The normalized spacial score (nSPS) is 17.7. The van der Waals surface area contributed by atoms with Gasteiger partial charge in [0.2, 0.25) is 0 Å². The minimum absolute atomic E-state index is 0.243. The number of methoxy groups -OCH3 is 1. The Kier molecular flexibility index (Phi) is 4.31. The molecule has 1 heterocycles. The lowest BCUT2D eigenvalue weighted by molar-refractivity contribution is -0.143. The summed E-state index contributed by atoms with van der Waals surface area (Å²) in [7, 11) is 1.42. The zero-order chi connectivity index (χ0) is 13.0. The van der Waals surface area contributed by atoms with Crippen LogP contribution in [-0.4, -0.2) is 24.1 Å². The van der Waals surface area contributed by atoms with Crippen molar-refractivity contribution in [3.63, 3.8) is 0 Å². The van der Waals surface area contributed by atoms with E-state index in [0.717, 1.165) is 24.1 Å². The molecule has 0 saturated heterocycles. The molecule has 0 aromatic carbocycles. The topological polar surface area (TPSA) is 51.2 Å². The molecule has 1 atom stereocenters. The predicted molar refractivity (Wildman–Crippen MR) is 69.1 cm³/mol. The zero-order valence-electron chi connectivity index (χ0n) is 11.0. The van der Waals surface area contributed by atoms with Gasteiger partial charge < -0.3 is 4.74 Å². The summed E-state index contributed by atoms with van der Waals surface area (Å²) in [6, 6.07) is 3.87. The van der Waals surface area contributed by atoms with Gasteiger partial charge in [-0.05, 0) is 31.4 Å². The molecule has 0 amide bonds. The van der Waals surface area contributed by atoms with Gasteiger partial charge in [-0.25, -0.2) is 4.79 Å². The molecule has 1 saturated carbocycles. The Bertz CT molecular complexity index is 397. The molecule has 98 valence electrons. The van der Waals surface area contributed by atoms with E-state index in [0.29, 0.717) is 6.04 Å². The van der Waals surface area contributed by atoms with Crippen LogP contribution in [0.3, 0.4) is 0 Å². The molecular formula is C14H20N2O2. The lowest BCUT2D eigenvalue weighted by Gasteiger charge is -2.21. The van der Waals surface area contributed by atoms with Crippen LogP contribution in [0.15, 0.2) is 18.3 Å². The first kappa shape index (κ1) is 13.0. The molecule has 0 bridgehead atoms. The zero-order valence-corrected chi connectivity index (χ0v) is 11.0. The van der Waals surface area contributed by atoms with Crippen molar-refractivity contribution in [1.82, 2.24) is 10.3 Å². The molecule has 4 heteroatoms. The number of carbonyl (C=O) groups excluding carboxylic acids is 1. The molecule has 1 aromatic heterocycles. The first-order chi connectivity index (χ1) is 8.70. The SMILES string of the molecule is COC(=O)C(NC1CCCC1)c1ccc(C)nc1. The van der Waals surface area contributed by atoms with Crippen molar-refractivity contribution in [3.8, 4) is 0 Å². The summed E-state index contributed by atoms with van der Waals surface area (Å²) in [5, 5.41) is 3.39. The highest BCUT2D eigenvalue weighted by Gasteiger charge is 2.26. The first-order valence-corrected chi connectivity index (χ1v) is 6.47. The molecule has 1 fully saturated rings. The Balaban J connectivity index is 2.13. The first-order valence-electron chi connectivity index (χ1n) is 6.47. The number of nitrogens with one attached hydrogen (secondary N) is 1. The second kappa shape index (κ2) is 5.96. The Hall–Kier alpha value is -1.42. The monoisotopic (exact) mass is 248 g/mol. The molecule has 0 spiro atoms. The van der Waals surface area contributed by atoms with E-state index in [1.54, 1.807) is 6.20 Å². The summed E-state index contributed by atoms with van der Waals surface area (Å²) >= 11 is 0. The number of ether oxygens (including phenoxy) is 1. The van der Waals surface area contributed by atoms with Crippen molar-refractivity contribution in [2.45, 2.75) is 44.7 Å². The molecule has 1 aliphatic rings. The van der Waals surface area contributed by atoms with E-state index in [-0.39, 0.29) is 5.97 Å². The molecule has 4 nitrogen and oxygen atoms in total. The average molecular weight is 248 g/mol. The van der Waals surface area contributed by atoms with Gasteiger partial charge in [-0.2, -0.15) is 0 Å². The molecular weight excluding hydrogens is 228 g/mol. The Morgan fingerprint density at radius 1 is 1.44 bits per heavy atom. The van der Waals surface area contributed by atoms with Gasteiger partial charge in [0.05, 0.1) is 7.11 Å². The fourth-order valence-corrected chi connectivity index (χ4v) is 2.40. The van der Waals surface area contributed by atoms with E-state index < -0.39 is 6.04 Å². The molecule has 1 N–H and O–H groups in total. The van der Waals surface area contributed by atoms with E-state index in [1.807, 2.05) is 19.1 Å². The minimum Gasteiger partial charge on any atom is -0.468 e. The van der Waals surface area contributed by atoms with E-state index in [4.69, 9.17) is 4.74 Å². The smallest absolute Gasteiger partial charge is 0.327 e. The van der Waals surface area contributed by atoms with Gasteiger partial charge in [-0.3, -0.25) is 10.3 Å². The highest BCUT2D eigenvalue weighted by Crippen LogP contribution is 2.22. The third-order valence-electron chi connectivity index (χ3n) is 3.46. The molecule has 2 rings (SSSR count). The third kappa shape index (κ3) is 3.07. The van der Waals surface area contributed by atoms with E-state index in [2.05, 4.69) is 10.3 Å². The van der Waals surface area contributed by atoms with Gasteiger partial charge in [0.1, 0.15) is 6.04 Å². The second-order valence-corrected chi connectivity index (χ2v) is 4.84. The van der Waals surface area contributed by atoms with Crippen molar-refractivity contribution in [2.75, 3.05) is 7.11 Å². The number of rotatable bonds is 4. The van der Waals surface area contributed by atoms with Crippen molar-refractivity contribution in [1.29, 1.82) is 0 Å². The average Bonchev–Trinajstić information content (AvgIpc) is 2.89. The van der Waals surface area contributed by atoms with Crippen molar-refractivity contribution in [2.24, 2.45) is 0 Å².